The Morgan fingerprint density at radius 1 is 1.38 bits per heavy atom. The van der Waals surface area contributed by atoms with Crippen LogP contribution in [0, 0.1) is 12.8 Å². The van der Waals surface area contributed by atoms with Gasteiger partial charge in [-0.2, -0.15) is 5.10 Å². The van der Waals surface area contributed by atoms with Gasteiger partial charge in [0, 0.05) is 24.7 Å². The number of fused-ring (bicyclic) bond motifs is 1. The highest BCUT2D eigenvalue weighted by molar-refractivity contribution is 5.93. The monoisotopic (exact) mass is 399 g/mol. The van der Waals surface area contributed by atoms with Crippen molar-refractivity contribution in [3.05, 3.63) is 30.2 Å². The number of pyridine rings is 1. The fourth-order valence-corrected chi connectivity index (χ4v) is 3.62. The van der Waals surface area contributed by atoms with Crippen LogP contribution in [0.3, 0.4) is 0 Å². The van der Waals surface area contributed by atoms with Gasteiger partial charge in [0.2, 0.25) is 5.91 Å². The molecule has 2 aliphatic rings. The summed E-state index contributed by atoms with van der Waals surface area (Å²) < 4.78 is 27.1. The maximum absolute atomic E-state index is 14.2. The van der Waals surface area contributed by atoms with Gasteiger partial charge in [-0.1, -0.05) is 0 Å². The molecule has 1 saturated heterocycles. The molecule has 1 saturated carbocycles. The van der Waals surface area contributed by atoms with E-state index in [0.717, 1.165) is 23.9 Å². The molecule has 29 heavy (non-hydrogen) atoms. The van der Waals surface area contributed by atoms with Crippen molar-refractivity contribution in [1.82, 2.24) is 20.1 Å². The molecule has 1 aliphatic heterocycles. The summed E-state index contributed by atoms with van der Waals surface area (Å²) in [5.74, 6) is 1.54. The Hall–Kier alpha value is -2.94. The van der Waals surface area contributed by atoms with E-state index in [1.54, 1.807) is 17.6 Å². The Kier molecular flexibility index (Phi) is 4.46. The van der Waals surface area contributed by atoms with Gasteiger partial charge in [-0.15, -0.1) is 0 Å². The van der Waals surface area contributed by atoms with E-state index in [9.17, 15) is 9.18 Å². The average Bonchev–Trinajstić information content (AvgIpc) is 3.39. The van der Waals surface area contributed by atoms with Crippen molar-refractivity contribution < 1.29 is 18.4 Å². The van der Waals surface area contributed by atoms with Gasteiger partial charge in [0.1, 0.15) is 18.0 Å². The summed E-state index contributed by atoms with van der Waals surface area (Å²) in [5, 5.41) is 14.3. The third kappa shape index (κ3) is 3.57. The second kappa shape index (κ2) is 7.14. The molecule has 3 aromatic heterocycles. The number of ether oxygens (including phenoxy) is 1. The van der Waals surface area contributed by atoms with E-state index in [1.807, 2.05) is 18.2 Å². The Labute approximate surface area is 166 Å². The maximum Gasteiger partial charge on any atom is 0.262 e. The Morgan fingerprint density at radius 3 is 3.03 bits per heavy atom. The minimum absolute atomic E-state index is 0.0157. The number of amides is 1. The van der Waals surface area contributed by atoms with Gasteiger partial charge in [-0.3, -0.25) is 4.79 Å². The molecule has 152 valence electrons. The second-order valence-electron chi connectivity index (χ2n) is 7.66. The van der Waals surface area contributed by atoms with E-state index in [2.05, 4.69) is 20.9 Å². The summed E-state index contributed by atoms with van der Waals surface area (Å²) in [6.07, 6.45) is 2.60. The number of rotatable bonds is 5. The molecule has 8 nitrogen and oxygen atoms in total. The predicted molar refractivity (Wildman–Crippen MR) is 104 cm³/mol. The van der Waals surface area contributed by atoms with Crippen molar-refractivity contribution in [3.63, 3.8) is 0 Å². The van der Waals surface area contributed by atoms with Crippen LogP contribution in [0.2, 0.25) is 0 Å². The van der Waals surface area contributed by atoms with E-state index >= 15 is 0 Å². The summed E-state index contributed by atoms with van der Waals surface area (Å²) >= 11 is 0. The summed E-state index contributed by atoms with van der Waals surface area (Å²) in [6, 6.07) is 5.60. The number of alkyl halides is 1. The highest BCUT2D eigenvalue weighted by Gasteiger charge is 2.30. The normalized spacial score (nSPS) is 22.0. The van der Waals surface area contributed by atoms with Crippen LogP contribution in [0.25, 0.3) is 16.6 Å². The first kappa shape index (κ1) is 18.1. The molecular weight excluding hydrogens is 377 g/mol. The van der Waals surface area contributed by atoms with Crippen LogP contribution in [0.4, 0.5) is 10.2 Å². The SMILES string of the molecule is Cc1onc(OC2CCNCC2F)c1-c1ccn2nc(NC(=O)C3CC3)cc2c1. The summed E-state index contributed by atoms with van der Waals surface area (Å²) in [5.41, 5.74) is 2.34. The minimum Gasteiger partial charge on any atom is -0.469 e. The van der Waals surface area contributed by atoms with Gasteiger partial charge >= 0.3 is 0 Å². The third-order valence-corrected chi connectivity index (χ3v) is 5.39. The lowest BCUT2D eigenvalue weighted by Crippen LogP contribution is -2.44. The molecule has 3 aromatic rings. The lowest BCUT2D eigenvalue weighted by molar-refractivity contribution is -0.117. The van der Waals surface area contributed by atoms with Crippen molar-refractivity contribution in [1.29, 1.82) is 0 Å². The van der Waals surface area contributed by atoms with Crippen molar-refractivity contribution in [2.75, 3.05) is 18.4 Å². The molecule has 0 spiro atoms. The number of nitrogens with one attached hydrogen (secondary N) is 2. The van der Waals surface area contributed by atoms with Crippen LogP contribution in [0.5, 0.6) is 5.88 Å². The number of nitrogens with zero attached hydrogens (tertiary/aromatic N) is 3. The van der Waals surface area contributed by atoms with Crippen molar-refractivity contribution >= 4 is 17.2 Å². The van der Waals surface area contributed by atoms with Crippen molar-refractivity contribution in [2.24, 2.45) is 5.92 Å². The number of hydrogen-bond donors (Lipinski definition) is 2. The zero-order valence-corrected chi connectivity index (χ0v) is 16.0. The molecule has 5 rings (SSSR count). The second-order valence-corrected chi connectivity index (χ2v) is 7.66. The molecule has 0 aromatic carbocycles. The van der Waals surface area contributed by atoms with E-state index in [4.69, 9.17) is 9.26 Å². The summed E-state index contributed by atoms with van der Waals surface area (Å²) in [7, 11) is 0. The molecule has 1 aliphatic carbocycles. The molecule has 0 bridgehead atoms. The Bertz CT molecular complexity index is 1060. The van der Waals surface area contributed by atoms with Gasteiger partial charge in [0.25, 0.3) is 5.88 Å². The zero-order chi connectivity index (χ0) is 20.0. The summed E-state index contributed by atoms with van der Waals surface area (Å²) in [4.78, 5) is 12.0. The van der Waals surface area contributed by atoms with Gasteiger partial charge in [-0.25, -0.2) is 8.91 Å². The first-order valence-corrected chi connectivity index (χ1v) is 9.87. The lowest BCUT2D eigenvalue weighted by Gasteiger charge is -2.26. The van der Waals surface area contributed by atoms with Crippen molar-refractivity contribution in [3.8, 4) is 17.0 Å². The molecule has 2 unspecified atom stereocenters. The Balaban J connectivity index is 1.42. The number of aryl methyl sites for hydroxylation is 1. The van der Waals surface area contributed by atoms with E-state index in [-0.39, 0.29) is 18.4 Å². The molecular formula is C20H22FN5O3. The molecule has 4 heterocycles. The highest BCUT2D eigenvalue weighted by atomic mass is 19.1. The van der Waals surface area contributed by atoms with E-state index in [0.29, 0.717) is 36.0 Å². The maximum atomic E-state index is 14.2. The first-order valence-electron chi connectivity index (χ1n) is 9.87. The van der Waals surface area contributed by atoms with Crippen LogP contribution in [-0.4, -0.2) is 46.0 Å². The van der Waals surface area contributed by atoms with Crippen LogP contribution in [-0.2, 0) is 4.79 Å². The number of halogens is 1. The number of carbonyl (C=O) groups excluding carboxylic acids is 1. The zero-order valence-electron chi connectivity index (χ0n) is 16.0. The van der Waals surface area contributed by atoms with Crippen LogP contribution >= 0.6 is 0 Å². The fraction of sp³-hybridized carbons (Fsp3) is 0.450. The van der Waals surface area contributed by atoms with Crippen molar-refractivity contribution in [2.45, 2.75) is 38.5 Å². The number of aromatic nitrogens is 3. The smallest absolute Gasteiger partial charge is 0.262 e. The van der Waals surface area contributed by atoms with Gasteiger partial charge in [-0.05, 0) is 55.6 Å². The number of anilines is 1. The Morgan fingerprint density at radius 2 is 2.24 bits per heavy atom. The highest BCUT2D eigenvalue weighted by Crippen LogP contribution is 2.35. The molecule has 0 radical (unpaired) electrons. The topological polar surface area (TPSA) is 93.7 Å². The number of carbonyl (C=O) groups is 1. The van der Waals surface area contributed by atoms with E-state index < -0.39 is 12.3 Å². The van der Waals surface area contributed by atoms with Gasteiger partial charge < -0.3 is 19.9 Å². The molecule has 2 fully saturated rings. The lowest BCUT2D eigenvalue weighted by atomic mass is 10.1. The molecule has 2 N–H and O–H groups in total. The molecule has 9 heteroatoms. The van der Waals surface area contributed by atoms with Gasteiger partial charge in [0.05, 0.1) is 11.1 Å². The van der Waals surface area contributed by atoms with Gasteiger partial charge in [0.15, 0.2) is 5.82 Å². The first-order chi connectivity index (χ1) is 14.1. The number of piperidine rings is 1. The van der Waals surface area contributed by atoms with Crippen LogP contribution in [0.15, 0.2) is 28.9 Å². The molecule has 1 amide bonds. The third-order valence-electron chi connectivity index (χ3n) is 5.39. The fourth-order valence-electron chi connectivity index (χ4n) is 3.62. The minimum atomic E-state index is -1.09. The quantitative estimate of drug-likeness (QED) is 0.685. The van der Waals surface area contributed by atoms with E-state index in [1.165, 1.54) is 0 Å². The molecule has 2 atom stereocenters. The largest absolute Gasteiger partial charge is 0.469 e. The summed E-state index contributed by atoms with van der Waals surface area (Å²) in [6.45, 7) is 2.77. The predicted octanol–water partition coefficient (Wildman–Crippen LogP) is 2.73. The average molecular weight is 399 g/mol. The standard InChI is InChI=1S/C20H22FN5O3/c1-11-18(20(25-29-11)28-16-4-6-22-10-15(16)21)13-5-7-26-14(8-13)9-17(24-26)23-19(27)12-2-3-12/h5,7-9,12,15-16,22H,2-4,6,10H2,1H3,(H,23,24,27). The number of hydrogen-bond acceptors (Lipinski definition) is 6. The van der Waals surface area contributed by atoms with Crippen LogP contribution < -0.4 is 15.4 Å². The van der Waals surface area contributed by atoms with Crippen LogP contribution in [0.1, 0.15) is 25.0 Å².